The van der Waals surface area contributed by atoms with E-state index in [1.54, 1.807) is 50.6 Å². The van der Waals surface area contributed by atoms with E-state index in [-0.39, 0.29) is 11.1 Å². The van der Waals surface area contributed by atoms with Crippen molar-refractivity contribution >= 4 is 5.91 Å². The summed E-state index contributed by atoms with van der Waals surface area (Å²) in [6.45, 7) is 2.13. The highest BCUT2D eigenvalue weighted by Crippen LogP contribution is 2.17. The van der Waals surface area contributed by atoms with Gasteiger partial charge in [-0.25, -0.2) is 0 Å². The van der Waals surface area contributed by atoms with Gasteiger partial charge in [0.2, 0.25) is 0 Å². The second-order valence-corrected chi connectivity index (χ2v) is 6.26. The third-order valence-corrected chi connectivity index (χ3v) is 4.45. The molecule has 1 amide bonds. The summed E-state index contributed by atoms with van der Waals surface area (Å²) in [5.41, 5.74) is 1.99. The number of aromatic nitrogens is 1. The number of ether oxygens (including phenoxy) is 2. The number of nitrogens with one attached hydrogen (secondary N) is 1. The van der Waals surface area contributed by atoms with Gasteiger partial charge in [0.25, 0.3) is 11.5 Å². The number of benzene rings is 2. The predicted octanol–water partition coefficient (Wildman–Crippen LogP) is 3.09. The number of hydrogen-bond donors (Lipinski definition) is 1. The lowest BCUT2D eigenvalue weighted by Gasteiger charge is -2.13. The minimum absolute atomic E-state index is 0.0851. The molecule has 0 aliphatic carbocycles. The highest BCUT2D eigenvalue weighted by atomic mass is 16.5. The first kappa shape index (κ1) is 19.2. The summed E-state index contributed by atoms with van der Waals surface area (Å²) in [6, 6.07) is 17.8. The van der Waals surface area contributed by atoms with Crippen LogP contribution in [0.25, 0.3) is 5.69 Å². The minimum Gasteiger partial charge on any atom is -0.497 e. The number of pyridine rings is 1. The van der Waals surface area contributed by atoms with Gasteiger partial charge in [0.15, 0.2) is 0 Å². The highest BCUT2D eigenvalue weighted by molar-refractivity contribution is 5.93. The molecule has 1 N–H and O–H groups in total. The van der Waals surface area contributed by atoms with Gasteiger partial charge in [-0.05, 0) is 48.9 Å². The van der Waals surface area contributed by atoms with Crippen LogP contribution in [0.5, 0.6) is 11.5 Å². The molecule has 0 bridgehead atoms. The predicted molar refractivity (Wildman–Crippen MR) is 107 cm³/mol. The Hall–Kier alpha value is -3.54. The maximum Gasteiger partial charge on any atom is 0.268 e. The molecule has 6 heteroatoms. The van der Waals surface area contributed by atoms with Gasteiger partial charge in [-0.3, -0.25) is 14.2 Å². The van der Waals surface area contributed by atoms with Crippen LogP contribution in [-0.4, -0.2) is 24.7 Å². The van der Waals surface area contributed by atoms with Gasteiger partial charge in [0.05, 0.1) is 19.9 Å². The molecule has 0 spiro atoms. The van der Waals surface area contributed by atoms with E-state index >= 15 is 0 Å². The lowest BCUT2D eigenvalue weighted by atomic mass is 10.2. The van der Waals surface area contributed by atoms with E-state index in [1.165, 1.54) is 4.57 Å². The van der Waals surface area contributed by atoms with Crippen LogP contribution in [-0.2, 0) is 6.54 Å². The third-order valence-electron chi connectivity index (χ3n) is 4.45. The molecule has 0 atom stereocenters. The standard InChI is InChI=1S/C22H22N2O4/c1-15-7-12-20(21(25)23-14-16-8-10-18(27-2)11-9-16)22(26)24(15)17-5-4-6-19(13-17)28-3/h4-13H,14H2,1-3H3,(H,23,25). The Balaban J connectivity index is 1.85. The zero-order valence-electron chi connectivity index (χ0n) is 16.1. The van der Waals surface area contributed by atoms with Crippen molar-refractivity contribution in [3.8, 4) is 17.2 Å². The number of carbonyl (C=O) groups is 1. The smallest absolute Gasteiger partial charge is 0.268 e. The van der Waals surface area contributed by atoms with Gasteiger partial charge >= 0.3 is 0 Å². The van der Waals surface area contributed by atoms with Gasteiger partial charge in [-0.15, -0.1) is 0 Å². The SMILES string of the molecule is COc1ccc(CNC(=O)c2ccc(C)n(-c3cccc(OC)c3)c2=O)cc1. The number of methoxy groups -OCH3 is 2. The number of aryl methyl sites for hydroxylation is 1. The number of hydrogen-bond acceptors (Lipinski definition) is 4. The Morgan fingerprint density at radius 2 is 1.68 bits per heavy atom. The maximum absolute atomic E-state index is 13.0. The molecule has 6 nitrogen and oxygen atoms in total. The fraction of sp³-hybridized carbons (Fsp3) is 0.182. The Morgan fingerprint density at radius 1 is 0.964 bits per heavy atom. The Labute approximate surface area is 163 Å². The van der Waals surface area contributed by atoms with Crippen molar-refractivity contribution in [3.05, 3.63) is 87.8 Å². The third kappa shape index (κ3) is 4.06. The van der Waals surface area contributed by atoms with E-state index in [4.69, 9.17) is 9.47 Å². The summed E-state index contributed by atoms with van der Waals surface area (Å²) in [5, 5.41) is 2.80. The number of rotatable bonds is 6. The molecule has 1 heterocycles. The molecule has 144 valence electrons. The van der Waals surface area contributed by atoms with E-state index in [1.807, 2.05) is 31.2 Å². The van der Waals surface area contributed by atoms with Crippen LogP contribution in [0.3, 0.4) is 0 Å². The van der Waals surface area contributed by atoms with Gasteiger partial charge in [-0.2, -0.15) is 0 Å². The summed E-state index contributed by atoms with van der Waals surface area (Å²) >= 11 is 0. The van der Waals surface area contributed by atoms with Crippen molar-refractivity contribution in [2.24, 2.45) is 0 Å². The van der Waals surface area contributed by atoms with Crippen molar-refractivity contribution in [2.75, 3.05) is 14.2 Å². The van der Waals surface area contributed by atoms with Gasteiger partial charge < -0.3 is 14.8 Å². The molecule has 28 heavy (non-hydrogen) atoms. The average Bonchev–Trinajstić information content (AvgIpc) is 2.72. The molecule has 2 aromatic carbocycles. The lowest BCUT2D eigenvalue weighted by molar-refractivity contribution is 0.0949. The van der Waals surface area contributed by atoms with Crippen LogP contribution < -0.4 is 20.3 Å². The first-order valence-electron chi connectivity index (χ1n) is 8.81. The quantitative estimate of drug-likeness (QED) is 0.716. The molecular formula is C22H22N2O4. The molecule has 0 radical (unpaired) electrons. The first-order valence-corrected chi connectivity index (χ1v) is 8.81. The highest BCUT2D eigenvalue weighted by Gasteiger charge is 2.15. The van der Waals surface area contributed by atoms with Gasteiger partial charge in [0.1, 0.15) is 17.1 Å². The summed E-state index contributed by atoms with van der Waals surface area (Å²) in [6.07, 6.45) is 0. The van der Waals surface area contributed by atoms with Gasteiger partial charge in [-0.1, -0.05) is 18.2 Å². The molecule has 0 aliphatic heterocycles. The van der Waals surface area contributed by atoms with Crippen LogP contribution in [0, 0.1) is 6.92 Å². The molecule has 0 unspecified atom stereocenters. The second kappa shape index (κ2) is 8.43. The number of carbonyl (C=O) groups excluding carboxylic acids is 1. The van der Waals surface area contributed by atoms with E-state index in [0.29, 0.717) is 18.0 Å². The van der Waals surface area contributed by atoms with Crippen LogP contribution in [0.4, 0.5) is 0 Å². The molecule has 0 saturated heterocycles. The fourth-order valence-electron chi connectivity index (χ4n) is 2.89. The molecule has 0 aliphatic rings. The van der Waals surface area contributed by atoms with Crippen molar-refractivity contribution in [1.29, 1.82) is 0 Å². The minimum atomic E-state index is -0.419. The summed E-state index contributed by atoms with van der Waals surface area (Å²) < 4.78 is 11.9. The Morgan fingerprint density at radius 3 is 2.36 bits per heavy atom. The maximum atomic E-state index is 13.0. The van der Waals surface area contributed by atoms with E-state index < -0.39 is 5.91 Å². The van der Waals surface area contributed by atoms with Crippen LogP contribution >= 0.6 is 0 Å². The Bertz CT molecular complexity index is 1040. The largest absolute Gasteiger partial charge is 0.497 e. The van der Waals surface area contributed by atoms with Crippen LogP contribution in [0.15, 0.2) is 65.5 Å². The first-order chi connectivity index (χ1) is 13.5. The van der Waals surface area contributed by atoms with E-state index in [9.17, 15) is 9.59 Å². The molecular weight excluding hydrogens is 356 g/mol. The molecule has 0 saturated carbocycles. The average molecular weight is 378 g/mol. The summed E-state index contributed by atoms with van der Waals surface area (Å²) in [5.74, 6) is 0.963. The van der Waals surface area contributed by atoms with E-state index in [2.05, 4.69) is 5.32 Å². The summed E-state index contributed by atoms with van der Waals surface area (Å²) in [4.78, 5) is 25.6. The summed E-state index contributed by atoms with van der Waals surface area (Å²) in [7, 11) is 3.17. The normalized spacial score (nSPS) is 10.4. The molecule has 0 fully saturated rings. The second-order valence-electron chi connectivity index (χ2n) is 6.26. The molecule has 3 aromatic rings. The monoisotopic (exact) mass is 378 g/mol. The van der Waals surface area contributed by atoms with Crippen LogP contribution in [0.2, 0.25) is 0 Å². The number of amides is 1. The van der Waals surface area contributed by atoms with Crippen molar-refractivity contribution in [1.82, 2.24) is 9.88 Å². The number of nitrogens with zero attached hydrogens (tertiary/aromatic N) is 1. The zero-order chi connectivity index (χ0) is 20.1. The van der Waals surface area contributed by atoms with Crippen LogP contribution in [0.1, 0.15) is 21.6 Å². The van der Waals surface area contributed by atoms with Crippen molar-refractivity contribution in [2.45, 2.75) is 13.5 Å². The lowest BCUT2D eigenvalue weighted by Crippen LogP contribution is -2.33. The van der Waals surface area contributed by atoms with Crippen molar-refractivity contribution < 1.29 is 14.3 Å². The van der Waals surface area contributed by atoms with Gasteiger partial charge in [0, 0.05) is 18.3 Å². The molecule has 3 rings (SSSR count). The zero-order valence-corrected chi connectivity index (χ0v) is 16.1. The Kier molecular flexibility index (Phi) is 5.79. The topological polar surface area (TPSA) is 69.6 Å². The fourth-order valence-corrected chi connectivity index (χ4v) is 2.89. The molecule has 1 aromatic heterocycles. The van der Waals surface area contributed by atoms with Crippen molar-refractivity contribution in [3.63, 3.8) is 0 Å². The van der Waals surface area contributed by atoms with E-state index in [0.717, 1.165) is 17.0 Å².